The average Bonchev–Trinajstić information content (AvgIpc) is 2.83. The second-order valence-corrected chi connectivity index (χ2v) is 5.50. The predicted octanol–water partition coefficient (Wildman–Crippen LogP) is 2.91. The number of halogens is 2. The molecule has 0 radical (unpaired) electrons. The van der Waals surface area contributed by atoms with E-state index in [1.165, 1.54) is 6.07 Å². The summed E-state index contributed by atoms with van der Waals surface area (Å²) in [5.74, 6) is 5.61. The molecule has 1 aliphatic heterocycles. The van der Waals surface area contributed by atoms with Crippen LogP contribution in [-0.4, -0.2) is 12.7 Å². The third kappa shape index (κ3) is 2.74. The van der Waals surface area contributed by atoms with Crippen LogP contribution in [0, 0.1) is 11.7 Å². The lowest BCUT2D eigenvalue weighted by Crippen LogP contribution is -2.37. The van der Waals surface area contributed by atoms with E-state index in [0.29, 0.717) is 5.56 Å². The van der Waals surface area contributed by atoms with Crippen LogP contribution in [0.4, 0.5) is 4.39 Å². The van der Waals surface area contributed by atoms with Gasteiger partial charge in [-0.25, -0.2) is 4.39 Å². The van der Waals surface area contributed by atoms with Crippen LogP contribution >= 0.6 is 15.9 Å². The summed E-state index contributed by atoms with van der Waals surface area (Å²) in [5.41, 5.74) is 3.35. The Kier molecular flexibility index (Phi) is 4.72. The lowest BCUT2D eigenvalue weighted by atomic mass is 9.87. The number of benzene rings is 1. The molecule has 3 nitrogen and oxygen atoms in total. The van der Waals surface area contributed by atoms with E-state index in [-0.39, 0.29) is 23.9 Å². The summed E-state index contributed by atoms with van der Waals surface area (Å²) < 4.78 is 20.4. The van der Waals surface area contributed by atoms with E-state index in [1.807, 2.05) is 0 Å². The minimum atomic E-state index is -0.233. The maximum atomic E-state index is 13.9. The Labute approximate surface area is 115 Å². The second-order valence-electron chi connectivity index (χ2n) is 4.58. The number of nitrogens with two attached hydrogens (primary N) is 1. The normalized spacial score (nSPS) is 25.3. The van der Waals surface area contributed by atoms with Crippen molar-refractivity contribution >= 4 is 15.9 Å². The van der Waals surface area contributed by atoms with Gasteiger partial charge in [0.1, 0.15) is 5.82 Å². The third-order valence-electron chi connectivity index (χ3n) is 3.56. The fourth-order valence-corrected chi connectivity index (χ4v) is 3.04. The monoisotopic (exact) mass is 316 g/mol. The molecule has 1 saturated heterocycles. The van der Waals surface area contributed by atoms with Crippen molar-refractivity contribution in [2.75, 3.05) is 6.61 Å². The Morgan fingerprint density at radius 3 is 3.06 bits per heavy atom. The SMILES string of the molecule is CCC1OCCC1C(NN)c1cc(Br)ccc1F. The first-order chi connectivity index (χ1) is 8.67. The molecule has 1 aromatic carbocycles. The molecule has 0 spiro atoms. The molecule has 0 aromatic heterocycles. The highest BCUT2D eigenvalue weighted by Gasteiger charge is 2.35. The molecule has 0 saturated carbocycles. The standard InChI is InChI=1S/C13H18BrFN2O/c1-2-12-9(5-6-18-12)13(17-16)10-7-8(14)3-4-11(10)15/h3-4,7,9,12-13,17H,2,5-6,16H2,1H3. The number of rotatable bonds is 4. The zero-order valence-corrected chi connectivity index (χ0v) is 11.9. The third-order valence-corrected chi connectivity index (χ3v) is 4.06. The molecule has 18 heavy (non-hydrogen) atoms. The maximum Gasteiger partial charge on any atom is 0.128 e. The van der Waals surface area contributed by atoms with Crippen LogP contribution in [-0.2, 0) is 4.74 Å². The van der Waals surface area contributed by atoms with Crippen molar-refractivity contribution in [1.29, 1.82) is 0 Å². The summed E-state index contributed by atoms with van der Waals surface area (Å²) in [5, 5.41) is 0. The number of hydrazine groups is 1. The molecule has 0 aliphatic carbocycles. The topological polar surface area (TPSA) is 47.3 Å². The van der Waals surface area contributed by atoms with Crippen LogP contribution < -0.4 is 11.3 Å². The van der Waals surface area contributed by atoms with Gasteiger partial charge in [0.15, 0.2) is 0 Å². The van der Waals surface area contributed by atoms with Crippen molar-refractivity contribution in [1.82, 2.24) is 5.43 Å². The molecule has 0 amide bonds. The molecule has 3 unspecified atom stereocenters. The fraction of sp³-hybridized carbons (Fsp3) is 0.538. The number of nitrogens with one attached hydrogen (secondary N) is 1. The fourth-order valence-electron chi connectivity index (χ4n) is 2.66. The molecule has 0 bridgehead atoms. The summed E-state index contributed by atoms with van der Waals surface area (Å²) >= 11 is 3.37. The molecule has 1 aromatic rings. The zero-order chi connectivity index (χ0) is 13.1. The van der Waals surface area contributed by atoms with Crippen LogP contribution in [0.5, 0.6) is 0 Å². The maximum absolute atomic E-state index is 13.9. The van der Waals surface area contributed by atoms with E-state index in [1.54, 1.807) is 12.1 Å². The van der Waals surface area contributed by atoms with Gasteiger partial charge in [-0.05, 0) is 31.0 Å². The van der Waals surface area contributed by atoms with Crippen LogP contribution in [0.1, 0.15) is 31.4 Å². The van der Waals surface area contributed by atoms with Gasteiger partial charge < -0.3 is 4.74 Å². The molecule has 3 atom stereocenters. The Morgan fingerprint density at radius 1 is 1.61 bits per heavy atom. The van der Waals surface area contributed by atoms with Crippen LogP contribution in [0.3, 0.4) is 0 Å². The Hall–Kier alpha value is -0.490. The van der Waals surface area contributed by atoms with Crippen molar-refractivity contribution in [3.05, 3.63) is 34.1 Å². The highest BCUT2D eigenvalue weighted by atomic mass is 79.9. The Bertz CT molecular complexity index is 416. The lowest BCUT2D eigenvalue weighted by molar-refractivity contribution is 0.0770. The molecule has 100 valence electrons. The van der Waals surface area contributed by atoms with Gasteiger partial charge in [0.2, 0.25) is 0 Å². The van der Waals surface area contributed by atoms with Crippen molar-refractivity contribution in [2.24, 2.45) is 11.8 Å². The Morgan fingerprint density at radius 2 is 2.39 bits per heavy atom. The van der Waals surface area contributed by atoms with E-state index in [4.69, 9.17) is 10.6 Å². The first kappa shape index (κ1) is 13.9. The number of ether oxygens (including phenoxy) is 1. The van der Waals surface area contributed by atoms with Gasteiger partial charge in [-0.2, -0.15) is 0 Å². The second kappa shape index (κ2) is 6.10. The highest BCUT2D eigenvalue weighted by Crippen LogP contribution is 2.36. The van der Waals surface area contributed by atoms with Crippen molar-refractivity contribution in [3.8, 4) is 0 Å². The van der Waals surface area contributed by atoms with Crippen LogP contribution in [0.2, 0.25) is 0 Å². The van der Waals surface area contributed by atoms with Gasteiger partial charge in [-0.1, -0.05) is 22.9 Å². The van der Waals surface area contributed by atoms with E-state index in [0.717, 1.165) is 23.9 Å². The summed E-state index contributed by atoms with van der Waals surface area (Å²) in [6.07, 6.45) is 1.96. The Balaban J connectivity index is 2.30. The first-order valence-electron chi connectivity index (χ1n) is 6.20. The number of hydrogen-bond donors (Lipinski definition) is 2. The molecule has 2 rings (SSSR count). The number of hydrogen-bond acceptors (Lipinski definition) is 3. The molecule has 3 N–H and O–H groups in total. The van der Waals surface area contributed by atoms with E-state index < -0.39 is 0 Å². The minimum absolute atomic E-state index is 0.143. The average molecular weight is 317 g/mol. The van der Waals surface area contributed by atoms with E-state index in [2.05, 4.69) is 28.3 Å². The van der Waals surface area contributed by atoms with Gasteiger partial charge in [-0.3, -0.25) is 11.3 Å². The quantitative estimate of drug-likeness (QED) is 0.663. The molecule has 1 aliphatic rings. The molecular weight excluding hydrogens is 299 g/mol. The lowest BCUT2D eigenvalue weighted by Gasteiger charge is -2.27. The van der Waals surface area contributed by atoms with Gasteiger partial charge in [0.25, 0.3) is 0 Å². The van der Waals surface area contributed by atoms with Gasteiger partial charge in [0.05, 0.1) is 12.1 Å². The summed E-state index contributed by atoms with van der Waals surface area (Å²) in [7, 11) is 0. The van der Waals surface area contributed by atoms with E-state index >= 15 is 0 Å². The van der Waals surface area contributed by atoms with Crippen molar-refractivity contribution in [2.45, 2.75) is 31.9 Å². The smallest absolute Gasteiger partial charge is 0.128 e. The van der Waals surface area contributed by atoms with Crippen molar-refractivity contribution in [3.63, 3.8) is 0 Å². The van der Waals surface area contributed by atoms with Gasteiger partial charge in [0, 0.05) is 22.6 Å². The molecule has 1 heterocycles. The summed E-state index contributed by atoms with van der Waals surface area (Å²) in [6, 6.07) is 4.72. The summed E-state index contributed by atoms with van der Waals surface area (Å²) in [6.45, 7) is 2.80. The molecular formula is C13H18BrFN2O. The first-order valence-corrected chi connectivity index (χ1v) is 6.99. The van der Waals surface area contributed by atoms with Crippen LogP contribution in [0.25, 0.3) is 0 Å². The zero-order valence-electron chi connectivity index (χ0n) is 10.3. The minimum Gasteiger partial charge on any atom is -0.378 e. The predicted molar refractivity (Wildman–Crippen MR) is 72.3 cm³/mol. The van der Waals surface area contributed by atoms with E-state index in [9.17, 15) is 4.39 Å². The van der Waals surface area contributed by atoms with Gasteiger partial charge in [-0.15, -0.1) is 0 Å². The van der Waals surface area contributed by atoms with Gasteiger partial charge >= 0.3 is 0 Å². The molecule has 5 heteroatoms. The van der Waals surface area contributed by atoms with Crippen molar-refractivity contribution < 1.29 is 9.13 Å². The van der Waals surface area contributed by atoms with Crippen LogP contribution in [0.15, 0.2) is 22.7 Å². The summed E-state index contributed by atoms with van der Waals surface area (Å²) in [4.78, 5) is 0. The molecule has 1 fully saturated rings. The highest BCUT2D eigenvalue weighted by molar-refractivity contribution is 9.10. The largest absolute Gasteiger partial charge is 0.378 e.